The van der Waals surface area contributed by atoms with E-state index >= 15 is 0 Å². The number of hydrogen-bond acceptors (Lipinski definition) is 3. The average Bonchev–Trinajstić information content (AvgIpc) is 2.76. The van der Waals surface area contributed by atoms with Gasteiger partial charge in [0.1, 0.15) is 6.04 Å². The second-order valence-corrected chi connectivity index (χ2v) is 5.12. The van der Waals surface area contributed by atoms with Crippen LogP contribution >= 0.6 is 0 Å². The molecule has 0 unspecified atom stereocenters. The molecule has 2 amide bonds. The molecule has 4 heteroatoms. The summed E-state index contributed by atoms with van der Waals surface area (Å²) in [5.74, 6) is -0.360. The van der Waals surface area contributed by atoms with E-state index in [1.165, 1.54) is 4.90 Å². The fourth-order valence-corrected chi connectivity index (χ4v) is 2.55. The highest BCUT2D eigenvalue weighted by Gasteiger charge is 2.39. The van der Waals surface area contributed by atoms with Gasteiger partial charge in [0.2, 0.25) is 5.91 Å². The van der Waals surface area contributed by atoms with Gasteiger partial charge in [-0.3, -0.25) is 9.59 Å². The molecular formula is C17H16N2O2. The van der Waals surface area contributed by atoms with Crippen LogP contribution in [0.25, 0.3) is 0 Å². The van der Waals surface area contributed by atoms with Gasteiger partial charge >= 0.3 is 0 Å². The van der Waals surface area contributed by atoms with Crippen LogP contribution in [0.2, 0.25) is 0 Å². The van der Waals surface area contributed by atoms with Crippen LogP contribution in [0.5, 0.6) is 0 Å². The molecule has 3 rings (SSSR count). The van der Waals surface area contributed by atoms with Crippen molar-refractivity contribution in [2.45, 2.75) is 19.4 Å². The summed E-state index contributed by atoms with van der Waals surface area (Å²) >= 11 is 0. The molecule has 0 spiro atoms. The molecule has 2 aromatic rings. The zero-order valence-electron chi connectivity index (χ0n) is 11.7. The van der Waals surface area contributed by atoms with Crippen molar-refractivity contribution in [1.29, 1.82) is 0 Å². The highest BCUT2D eigenvalue weighted by molar-refractivity contribution is 6.23. The SMILES string of the molecule is Cc1ccccc1N1C(=O)C[C@H](Nc2ccccc2)C1=O. The van der Waals surface area contributed by atoms with Crippen LogP contribution in [-0.2, 0) is 9.59 Å². The maximum atomic E-state index is 12.5. The molecule has 4 nitrogen and oxygen atoms in total. The minimum atomic E-state index is -0.500. The van der Waals surface area contributed by atoms with Crippen molar-refractivity contribution in [3.8, 4) is 0 Å². The lowest BCUT2D eigenvalue weighted by Gasteiger charge is -2.18. The number of hydrogen-bond donors (Lipinski definition) is 1. The number of nitrogens with one attached hydrogen (secondary N) is 1. The minimum Gasteiger partial charge on any atom is -0.373 e. The summed E-state index contributed by atoms with van der Waals surface area (Å²) in [6.45, 7) is 1.90. The molecule has 106 valence electrons. The molecule has 21 heavy (non-hydrogen) atoms. The average molecular weight is 280 g/mol. The molecule has 0 aliphatic carbocycles. The first-order valence-corrected chi connectivity index (χ1v) is 6.91. The number of benzene rings is 2. The molecule has 0 radical (unpaired) electrons. The molecule has 1 atom stereocenters. The lowest BCUT2D eigenvalue weighted by atomic mass is 10.2. The third-order valence-corrected chi connectivity index (χ3v) is 3.62. The summed E-state index contributed by atoms with van der Waals surface area (Å²) < 4.78 is 0. The summed E-state index contributed by atoms with van der Waals surface area (Å²) in [5, 5.41) is 3.13. The van der Waals surface area contributed by atoms with Crippen molar-refractivity contribution in [2.24, 2.45) is 0 Å². The normalized spacial score (nSPS) is 18.1. The number of carbonyl (C=O) groups is 2. The van der Waals surface area contributed by atoms with Crippen LogP contribution in [0.4, 0.5) is 11.4 Å². The Morgan fingerprint density at radius 2 is 1.67 bits per heavy atom. The van der Waals surface area contributed by atoms with E-state index in [0.717, 1.165) is 11.3 Å². The summed E-state index contributed by atoms with van der Waals surface area (Å²) in [7, 11) is 0. The fraction of sp³-hybridized carbons (Fsp3) is 0.176. The van der Waals surface area contributed by atoms with Crippen LogP contribution < -0.4 is 10.2 Å². The van der Waals surface area contributed by atoms with Crippen molar-refractivity contribution >= 4 is 23.2 Å². The van der Waals surface area contributed by atoms with Crippen molar-refractivity contribution in [1.82, 2.24) is 0 Å². The molecular weight excluding hydrogens is 264 g/mol. The molecule has 1 fully saturated rings. The van der Waals surface area contributed by atoms with Gasteiger partial charge in [-0.2, -0.15) is 0 Å². The third kappa shape index (κ3) is 2.52. The number of rotatable bonds is 3. The molecule has 1 N–H and O–H groups in total. The summed E-state index contributed by atoms with van der Waals surface area (Å²) in [5.41, 5.74) is 2.43. The predicted octanol–water partition coefficient (Wildman–Crippen LogP) is 2.74. The Balaban J connectivity index is 1.84. The van der Waals surface area contributed by atoms with E-state index in [-0.39, 0.29) is 18.2 Å². The topological polar surface area (TPSA) is 49.4 Å². The summed E-state index contributed by atoms with van der Waals surface area (Å²) in [4.78, 5) is 26.0. The van der Waals surface area contributed by atoms with Gasteiger partial charge in [0.15, 0.2) is 0 Å². The Kier molecular flexibility index (Phi) is 3.44. The quantitative estimate of drug-likeness (QED) is 0.879. The molecule has 0 bridgehead atoms. The second kappa shape index (κ2) is 5.40. The first kappa shape index (κ1) is 13.4. The van der Waals surface area contributed by atoms with Crippen molar-refractivity contribution in [3.05, 3.63) is 60.2 Å². The Labute approximate surface area is 123 Å². The Bertz CT molecular complexity index is 682. The van der Waals surface area contributed by atoms with E-state index in [9.17, 15) is 9.59 Å². The molecule has 1 heterocycles. The fourth-order valence-electron chi connectivity index (χ4n) is 2.55. The zero-order chi connectivity index (χ0) is 14.8. The van der Waals surface area contributed by atoms with E-state index in [1.54, 1.807) is 6.07 Å². The van der Waals surface area contributed by atoms with Gasteiger partial charge in [-0.05, 0) is 30.7 Å². The van der Waals surface area contributed by atoms with Gasteiger partial charge in [0.25, 0.3) is 5.91 Å². The van der Waals surface area contributed by atoms with Crippen LogP contribution in [0.3, 0.4) is 0 Å². The second-order valence-electron chi connectivity index (χ2n) is 5.12. The number of aryl methyl sites for hydroxylation is 1. The molecule has 1 aliphatic rings. The van der Waals surface area contributed by atoms with Gasteiger partial charge in [0.05, 0.1) is 12.1 Å². The van der Waals surface area contributed by atoms with E-state index in [1.807, 2.05) is 55.5 Å². The smallest absolute Gasteiger partial charge is 0.256 e. The minimum absolute atomic E-state index is 0.164. The van der Waals surface area contributed by atoms with E-state index in [0.29, 0.717) is 5.69 Å². The molecule has 0 aromatic heterocycles. The third-order valence-electron chi connectivity index (χ3n) is 3.62. The number of nitrogens with zero attached hydrogens (tertiary/aromatic N) is 1. The van der Waals surface area contributed by atoms with Gasteiger partial charge in [-0.25, -0.2) is 4.90 Å². The van der Waals surface area contributed by atoms with Gasteiger partial charge in [-0.15, -0.1) is 0 Å². The van der Waals surface area contributed by atoms with Crippen molar-refractivity contribution < 1.29 is 9.59 Å². The Morgan fingerprint density at radius 1 is 1.00 bits per heavy atom. The van der Waals surface area contributed by atoms with Crippen molar-refractivity contribution in [3.63, 3.8) is 0 Å². The number of imide groups is 1. The van der Waals surface area contributed by atoms with Crippen LogP contribution in [0.15, 0.2) is 54.6 Å². The molecule has 1 aliphatic heterocycles. The van der Waals surface area contributed by atoms with Gasteiger partial charge in [0, 0.05) is 5.69 Å². The maximum Gasteiger partial charge on any atom is 0.256 e. The molecule has 0 saturated carbocycles. The van der Waals surface area contributed by atoms with E-state index in [2.05, 4.69) is 5.32 Å². The molecule has 1 saturated heterocycles. The van der Waals surface area contributed by atoms with Crippen LogP contribution in [-0.4, -0.2) is 17.9 Å². The number of para-hydroxylation sites is 2. The standard InChI is InChI=1S/C17H16N2O2/c1-12-7-5-6-10-15(12)19-16(20)11-14(17(19)21)18-13-8-3-2-4-9-13/h2-10,14,18H,11H2,1H3/t14-/m0/s1. The highest BCUT2D eigenvalue weighted by atomic mass is 16.2. The number of anilines is 2. The molecule has 2 aromatic carbocycles. The van der Waals surface area contributed by atoms with Gasteiger partial charge < -0.3 is 5.32 Å². The largest absolute Gasteiger partial charge is 0.373 e. The monoisotopic (exact) mass is 280 g/mol. The van der Waals surface area contributed by atoms with E-state index < -0.39 is 6.04 Å². The number of amides is 2. The van der Waals surface area contributed by atoms with Crippen LogP contribution in [0.1, 0.15) is 12.0 Å². The number of carbonyl (C=O) groups excluding carboxylic acids is 2. The maximum absolute atomic E-state index is 12.5. The lowest BCUT2D eigenvalue weighted by molar-refractivity contribution is -0.121. The summed E-state index contributed by atoms with van der Waals surface area (Å²) in [6.07, 6.45) is 0.183. The van der Waals surface area contributed by atoms with E-state index in [4.69, 9.17) is 0 Å². The lowest BCUT2D eigenvalue weighted by Crippen LogP contribution is -2.35. The first-order chi connectivity index (χ1) is 10.2. The van der Waals surface area contributed by atoms with Crippen molar-refractivity contribution in [2.75, 3.05) is 10.2 Å². The Morgan fingerprint density at radius 3 is 2.38 bits per heavy atom. The Hall–Kier alpha value is -2.62. The first-order valence-electron chi connectivity index (χ1n) is 6.91. The predicted molar refractivity (Wildman–Crippen MR) is 82.1 cm³/mol. The summed E-state index contributed by atoms with van der Waals surface area (Å²) in [6, 6.07) is 16.4. The zero-order valence-corrected chi connectivity index (χ0v) is 11.7. The van der Waals surface area contributed by atoms with Crippen LogP contribution in [0, 0.1) is 6.92 Å². The highest BCUT2D eigenvalue weighted by Crippen LogP contribution is 2.27. The van der Waals surface area contributed by atoms with Gasteiger partial charge in [-0.1, -0.05) is 36.4 Å².